The second-order valence-electron chi connectivity index (χ2n) is 9.73. The van der Waals surface area contributed by atoms with Gasteiger partial charge in [-0.15, -0.1) is 0 Å². The molecule has 0 aromatic rings. The molecule has 0 radical (unpaired) electrons. The number of carbonyl (C=O) groups excluding carboxylic acids is 1. The average molecular weight is 633 g/mol. The van der Waals surface area contributed by atoms with Gasteiger partial charge in [-0.05, 0) is 19.3 Å². The molecule has 0 heterocycles. The Morgan fingerprint density at radius 3 is 1.15 bits per heavy atom. The van der Waals surface area contributed by atoms with Crippen LogP contribution in [-0.4, -0.2) is 64.3 Å². The maximum absolute atomic E-state index is 11.2. The van der Waals surface area contributed by atoms with Gasteiger partial charge in [0.1, 0.15) is 0 Å². The third-order valence-corrected chi connectivity index (χ3v) is 5.86. The monoisotopic (exact) mass is 632 g/mol. The van der Waals surface area contributed by atoms with Crippen LogP contribution in [0.1, 0.15) is 155 Å². The Kier molecular flexibility index (Phi) is 62.9. The minimum absolute atomic E-state index is 0. The number of hydrogen-bond donors (Lipinski definition) is 4. The van der Waals surface area contributed by atoms with E-state index >= 15 is 0 Å². The Morgan fingerprint density at radius 1 is 0.537 bits per heavy atom. The zero-order valence-corrected chi connectivity index (χ0v) is 27.8. The van der Waals surface area contributed by atoms with E-state index in [1.165, 1.54) is 89.9 Å². The zero-order valence-electron chi connectivity index (χ0n) is 26.2. The fourth-order valence-corrected chi connectivity index (χ4v) is 3.56. The first-order valence-corrected chi connectivity index (χ1v) is 16.9. The summed E-state index contributed by atoms with van der Waals surface area (Å²) in [5, 5.41) is 32.8. The van der Waals surface area contributed by atoms with E-state index in [0.717, 1.165) is 25.7 Å². The number of aliphatic carboxylic acids is 1. The summed E-state index contributed by atoms with van der Waals surface area (Å²) in [6, 6.07) is 0. The number of aliphatic hydroxyl groups excluding tert-OH is 3. The Hall–Kier alpha value is -0.906. The molecule has 0 fully saturated rings. The molecule has 41 heavy (non-hydrogen) atoms. The molecule has 0 aliphatic carbocycles. The summed E-state index contributed by atoms with van der Waals surface area (Å²) < 4.78 is 22.0. The molecule has 0 rings (SSSR count). The number of unbranched alkanes of at least 4 members (excludes halogenated alkanes) is 16. The van der Waals surface area contributed by atoms with E-state index < -0.39 is 25.1 Å². The Bertz CT molecular complexity index is 514. The normalized spacial score (nSPS) is 9.39. The molecule has 0 aromatic carbocycles. The summed E-state index contributed by atoms with van der Waals surface area (Å²) in [7, 11) is 0. The van der Waals surface area contributed by atoms with Crippen LogP contribution >= 0.6 is 0 Å². The van der Waals surface area contributed by atoms with E-state index in [9.17, 15) is 9.59 Å². The van der Waals surface area contributed by atoms with Crippen molar-refractivity contribution in [3.05, 3.63) is 0 Å². The summed E-state index contributed by atoms with van der Waals surface area (Å²) in [6.07, 6.45) is 24.4. The van der Waals surface area contributed by atoms with Gasteiger partial charge in [0, 0.05) is 39.1 Å². The van der Waals surface area contributed by atoms with E-state index in [1.807, 2.05) is 0 Å². The third-order valence-electron chi connectivity index (χ3n) is 5.86. The van der Waals surface area contributed by atoms with Crippen molar-refractivity contribution in [2.24, 2.45) is 0 Å². The van der Waals surface area contributed by atoms with E-state index in [0.29, 0.717) is 32.3 Å². The first-order chi connectivity index (χ1) is 19.4. The molecule has 0 spiro atoms. The maximum atomic E-state index is 11.2. The van der Waals surface area contributed by atoms with Gasteiger partial charge in [0.25, 0.3) is 0 Å². The average Bonchev–Trinajstić information content (AvgIpc) is 2.93. The number of carboxylic acids is 1. The minimum atomic E-state index is -2.00. The van der Waals surface area contributed by atoms with Crippen LogP contribution in [0, 0.1) is 0 Å². The van der Waals surface area contributed by atoms with Crippen molar-refractivity contribution in [2.75, 3.05) is 26.4 Å². The summed E-state index contributed by atoms with van der Waals surface area (Å²) in [6.45, 7) is 5.09. The molecule has 0 bridgehead atoms. The number of rotatable bonds is 25. The Morgan fingerprint density at radius 2 is 0.854 bits per heavy atom. The van der Waals surface area contributed by atoms with Crippen LogP contribution in [0.5, 0.6) is 0 Å². The first kappa shape index (κ1) is 49.8. The van der Waals surface area contributed by atoms with Crippen LogP contribution in [0.25, 0.3) is 0 Å². The van der Waals surface area contributed by atoms with Crippen molar-refractivity contribution >= 4 is 11.9 Å². The van der Waals surface area contributed by atoms with Crippen molar-refractivity contribution in [3.63, 3.8) is 0 Å². The number of aliphatic hydroxyl groups is 3. The van der Waals surface area contributed by atoms with Gasteiger partial charge < -0.3 is 30.6 Å². The van der Waals surface area contributed by atoms with Gasteiger partial charge in [-0.25, -0.2) is 0 Å². The number of hydrogen-bond acceptors (Lipinski definition) is 8. The molecule has 0 saturated carbocycles. The van der Waals surface area contributed by atoms with E-state index in [1.54, 1.807) is 0 Å². The summed E-state index contributed by atoms with van der Waals surface area (Å²) >= 11 is -2.00. The molecule has 10 nitrogen and oxygen atoms in total. The van der Waals surface area contributed by atoms with Crippen LogP contribution in [-0.2, 0) is 40.1 Å². The zero-order chi connectivity index (χ0) is 31.0. The van der Waals surface area contributed by atoms with Gasteiger partial charge in [0.15, 0.2) is 0 Å². The second kappa shape index (κ2) is 51.8. The molecule has 0 aromatic heterocycles. The third kappa shape index (κ3) is 68.2. The van der Waals surface area contributed by atoms with Crippen LogP contribution in [0.2, 0.25) is 0 Å². The number of carbonyl (C=O) groups is 2. The second-order valence-corrected chi connectivity index (χ2v) is 9.99. The molecule has 11 heteroatoms. The van der Waals surface area contributed by atoms with Crippen LogP contribution in [0.4, 0.5) is 0 Å². The van der Waals surface area contributed by atoms with E-state index in [-0.39, 0.29) is 31.3 Å². The number of ether oxygens (including phenoxy) is 1. The van der Waals surface area contributed by atoms with Gasteiger partial charge in [-0.3, -0.25) is 9.59 Å². The summed E-state index contributed by atoms with van der Waals surface area (Å²) in [4.78, 5) is 21.4. The topological polar surface area (TPSA) is 190 Å². The molecule has 248 valence electrons. The predicted molar refractivity (Wildman–Crippen MR) is 158 cm³/mol. The van der Waals surface area contributed by atoms with Crippen molar-refractivity contribution < 1.29 is 66.0 Å². The summed E-state index contributed by atoms with van der Waals surface area (Å²) in [5.74, 6) is -0.778. The molecule has 0 aliphatic rings. The van der Waals surface area contributed by atoms with Gasteiger partial charge in [-0.1, -0.05) is 117 Å². The SMILES string of the molecule is CCCCCCCCCCCC(=O)O.CCCCCCCCCCCC(=O)OCCCO.O.OCCCO.[O]=[Ti]=[O]. The van der Waals surface area contributed by atoms with Crippen molar-refractivity contribution in [1.29, 1.82) is 0 Å². The first-order valence-electron chi connectivity index (χ1n) is 15.6. The standard InChI is InChI=1S/C15H30O3.C12H24O2.C3H8O2.H2O.2O.Ti/c1-2-3-4-5-6-7-8-9-10-12-15(17)18-14-11-13-16;1-2-3-4-5-6-7-8-9-10-11-12(13)14;4-2-1-3-5;;;;/h16H,2-14H2,1H3;2-11H2,1H3,(H,13,14);4-5H,1-3H2;1H2;;;. The molecule has 0 atom stereocenters. The van der Waals surface area contributed by atoms with Gasteiger partial charge >= 0.3 is 37.7 Å². The summed E-state index contributed by atoms with van der Waals surface area (Å²) in [5.41, 5.74) is 0. The van der Waals surface area contributed by atoms with Gasteiger partial charge in [0.05, 0.1) is 6.61 Å². The Balaban J connectivity index is -0.000000166. The van der Waals surface area contributed by atoms with Gasteiger partial charge in [0.2, 0.25) is 0 Å². The fourth-order valence-electron chi connectivity index (χ4n) is 3.56. The number of esters is 1. The quantitative estimate of drug-likeness (QED) is 0.0522. The molecule has 0 aliphatic heterocycles. The van der Waals surface area contributed by atoms with E-state index in [2.05, 4.69) is 13.8 Å². The Labute approximate surface area is 258 Å². The fraction of sp³-hybridized carbons (Fsp3) is 0.933. The predicted octanol–water partition coefficient (Wildman–Crippen LogP) is 6.12. The van der Waals surface area contributed by atoms with Crippen LogP contribution in [0.3, 0.4) is 0 Å². The molecule has 0 unspecified atom stereocenters. The van der Waals surface area contributed by atoms with Crippen LogP contribution in [0.15, 0.2) is 0 Å². The van der Waals surface area contributed by atoms with E-state index in [4.69, 9.17) is 31.8 Å². The molecular weight excluding hydrogens is 568 g/mol. The molecular formula is C30H64O10Ti. The van der Waals surface area contributed by atoms with Crippen LogP contribution < -0.4 is 0 Å². The molecule has 0 amide bonds. The molecule has 6 N–H and O–H groups in total. The van der Waals surface area contributed by atoms with Gasteiger partial charge in [-0.2, -0.15) is 0 Å². The molecule has 0 saturated heterocycles. The van der Waals surface area contributed by atoms with Crippen molar-refractivity contribution in [1.82, 2.24) is 0 Å². The van der Waals surface area contributed by atoms with Crippen molar-refractivity contribution in [3.8, 4) is 0 Å². The van der Waals surface area contributed by atoms with Crippen molar-refractivity contribution in [2.45, 2.75) is 155 Å². The number of carboxylic acid groups (broad SMARTS) is 1.